The standard InChI is InChI=1S/C23H25F3N2O4S/c1-5-32-22(29)19-12-17-8-6-7-9-18(17)28(19)13-20(23(24,25)26)27-33(30,31)21-15(3)10-14(2)11-16(21)4/h6-12,20,27H,5,13H2,1-4H3. The van der Waals surface area contributed by atoms with Gasteiger partial charge in [0, 0.05) is 17.4 Å². The van der Waals surface area contributed by atoms with Gasteiger partial charge >= 0.3 is 12.1 Å². The lowest BCUT2D eigenvalue weighted by atomic mass is 10.1. The maximum Gasteiger partial charge on any atom is 0.406 e. The first kappa shape index (κ1) is 24.8. The minimum atomic E-state index is -4.92. The van der Waals surface area contributed by atoms with Crippen molar-refractivity contribution < 1.29 is 31.1 Å². The van der Waals surface area contributed by atoms with E-state index in [0.717, 1.165) is 10.1 Å². The normalized spacial score (nSPS) is 13.3. The molecule has 0 aliphatic heterocycles. The van der Waals surface area contributed by atoms with Crippen LogP contribution in [0.1, 0.15) is 34.1 Å². The summed E-state index contributed by atoms with van der Waals surface area (Å²) < 4.78 is 76.2. The van der Waals surface area contributed by atoms with Gasteiger partial charge in [0.15, 0.2) is 0 Å². The third-order valence-corrected chi connectivity index (χ3v) is 7.00. The number of fused-ring (bicyclic) bond motifs is 1. The number of benzene rings is 2. The van der Waals surface area contributed by atoms with Crippen molar-refractivity contribution in [2.75, 3.05) is 6.61 Å². The molecule has 3 aromatic rings. The van der Waals surface area contributed by atoms with Crippen LogP contribution in [0.2, 0.25) is 0 Å². The summed E-state index contributed by atoms with van der Waals surface area (Å²) in [5, 5.41) is 0.537. The number of aromatic nitrogens is 1. The van der Waals surface area contributed by atoms with Crippen LogP contribution in [-0.4, -0.2) is 37.8 Å². The van der Waals surface area contributed by atoms with Gasteiger partial charge in [-0.2, -0.15) is 17.9 Å². The van der Waals surface area contributed by atoms with E-state index in [1.807, 2.05) is 4.72 Å². The minimum Gasteiger partial charge on any atom is -0.461 e. The summed E-state index contributed by atoms with van der Waals surface area (Å²) in [5.74, 6) is -0.789. The smallest absolute Gasteiger partial charge is 0.406 e. The number of hydrogen-bond acceptors (Lipinski definition) is 4. The summed E-state index contributed by atoms with van der Waals surface area (Å²) in [6.45, 7) is 5.64. The van der Waals surface area contributed by atoms with Crippen LogP contribution in [0.15, 0.2) is 47.4 Å². The van der Waals surface area contributed by atoms with Gasteiger partial charge < -0.3 is 9.30 Å². The zero-order valence-electron chi connectivity index (χ0n) is 18.7. The van der Waals surface area contributed by atoms with Crippen molar-refractivity contribution in [3.05, 3.63) is 64.8 Å². The van der Waals surface area contributed by atoms with Gasteiger partial charge in [0.1, 0.15) is 11.7 Å². The largest absolute Gasteiger partial charge is 0.461 e. The van der Waals surface area contributed by atoms with E-state index in [9.17, 15) is 26.4 Å². The number of esters is 1. The lowest BCUT2D eigenvalue weighted by Gasteiger charge is -2.24. The molecule has 0 saturated heterocycles. The SMILES string of the molecule is CCOC(=O)c1cc2ccccc2n1CC(NS(=O)(=O)c1c(C)cc(C)cc1C)C(F)(F)F. The third-order valence-electron chi connectivity index (χ3n) is 5.23. The number of hydrogen-bond donors (Lipinski definition) is 1. The van der Waals surface area contributed by atoms with Gasteiger partial charge in [-0.25, -0.2) is 13.2 Å². The molecule has 1 aromatic heterocycles. The molecule has 1 heterocycles. The molecule has 1 unspecified atom stereocenters. The molecule has 0 fully saturated rings. The van der Waals surface area contributed by atoms with Crippen LogP contribution in [0.3, 0.4) is 0 Å². The van der Waals surface area contributed by atoms with Gasteiger partial charge in [0.05, 0.1) is 11.5 Å². The predicted octanol–water partition coefficient (Wildman–Crippen LogP) is 4.65. The van der Waals surface area contributed by atoms with Crippen molar-refractivity contribution in [1.29, 1.82) is 0 Å². The number of nitrogens with zero attached hydrogens (tertiary/aromatic N) is 1. The number of sulfonamides is 1. The Morgan fingerprint density at radius 1 is 1.09 bits per heavy atom. The van der Waals surface area contributed by atoms with Crippen LogP contribution in [0.5, 0.6) is 0 Å². The van der Waals surface area contributed by atoms with Gasteiger partial charge in [-0.3, -0.25) is 0 Å². The Morgan fingerprint density at radius 2 is 1.70 bits per heavy atom. The minimum absolute atomic E-state index is 0.0433. The van der Waals surface area contributed by atoms with Gasteiger partial charge in [0.25, 0.3) is 0 Å². The van der Waals surface area contributed by atoms with Crippen LogP contribution < -0.4 is 4.72 Å². The number of para-hydroxylation sites is 1. The molecule has 0 radical (unpaired) electrons. The molecule has 10 heteroatoms. The van der Waals surface area contributed by atoms with E-state index in [-0.39, 0.29) is 17.2 Å². The molecule has 1 N–H and O–H groups in total. The number of aryl methyl sites for hydroxylation is 3. The van der Waals surface area contributed by atoms with Gasteiger partial charge in [-0.15, -0.1) is 0 Å². The summed E-state index contributed by atoms with van der Waals surface area (Å²) in [5.41, 5.74) is 1.76. The first-order valence-electron chi connectivity index (χ1n) is 10.3. The maximum atomic E-state index is 14.0. The van der Waals surface area contributed by atoms with E-state index in [1.165, 1.54) is 19.9 Å². The molecule has 1 atom stereocenters. The number of halogens is 3. The Hall–Kier alpha value is -2.85. The zero-order valence-corrected chi connectivity index (χ0v) is 19.5. The topological polar surface area (TPSA) is 77.4 Å². The highest BCUT2D eigenvalue weighted by Crippen LogP contribution is 2.29. The molecule has 0 aliphatic carbocycles. The van der Waals surface area contributed by atoms with Crippen LogP contribution in [0.25, 0.3) is 10.9 Å². The molecule has 3 rings (SSSR count). The first-order chi connectivity index (χ1) is 15.3. The highest BCUT2D eigenvalue weighted by Gasteiger charge is 2.43. The maximum absolute atomic E-state index is 14.0. The van der Waals surface area contributed by atoms with Crippen LogP contribution in [0.4, 0.5) is 13.2 Å². The number of ether oxygens (including phenoxy) is 1. The Kier molecular flexibility index (Phi) is 6.90. The van der Waals surface area contributed by atoms with Crippen molar-refractivity contribution >= 4 is 26.9 Å². The van der Waals surface area contributed by atoms with E-state index in [4.69, 9.17) is 4.74 Å². The Morgan fingerprint density at radius 3 is 2.27 bits per heavy atom. The predicted molar refractivity (Wildman–Crippen MR) is 119 cm³/mol. The molecule has 0 amide bonds. The molecule has 0 aliphatic rings. The fourth-order valence-electron chi connectivity index (χ4n) is 4.01. The Labute approximate surface area is 190 Å². The number of carbonyl (C=O) groups is 1. The number of alkyl halides is 3. The molecule has 33 heavy (non-hydrogen) atoms. The summed E-state index contributed by atoms with van der Waals surface area (Å²) >= 11 is 0. The number of nitrogens with one attached hydrogen (secondary N) is 1. The lowest BCUT2D eigenvalue weighted by Crippen LogP contribution is -2.48. The van der Waals surface area contributed by atoms with Crippen LogP contribution in [0, 0.1) is 20.8 Å². The van der Waals surface area contributed by atoms with Gasteiger partial charge in [-0.05, 0) is 51.0 Å². The third kappa shape index (κ3) is 5.22. The van der Waals surface area contributed by atoms with E-state index < -0.39 is 34.8 Å². The highest BCUT2D eigenvalue weighted by molar-refractivity contribution is 7.89. The second-order valence-electron chi connectivity index (χ2n) is 7.86. The monoisotopic (exact) mass is 482 g/mol. The molecule has 2 aromatic carbocycles. The average molecular weight is 483 g/mol. The quantitative estimate of drug-likeness (QED) is 0.497. The molecule has 0 spiro atoms. The summed E-state index contributed by atoms with van der Waals surface area (Å²) in [6, 6.07) is 8.68. The number of carbonyl (C=O) groups excluding carboxylic acids is 1. The van der Waals surface area contributed by atoms with E-state index in [1.54, 1.807) is 50.2 Å². The van der Waals surface area contributed by atoms with E-state index >= 15 is 0 Å². The molecule has 0 bridgehead atoms. The second kappa shape index (κ2) is 9.18. The van der Waals surface area contributed by atoms with Crippen molar-refractivity contribution in [3.63, 3.8) is 0 Å². The lowest BCUT2D eigenvalue weighted by molar-refractivity contribution is -0.154. The van der Waals surface area contributed by atoms with E-state index in [2.05, 4.69) is 0 Å². The molecule has 178 valence electrons. The van der Waals surface area contributed by atoms with Crippen molar-refractivity contribution in [2.24, 2.45) is 0 Å². The second-order valence-corrected chi connectivity index (χ2v) is 9.51. The van der Waals surface area contributed by atoms with Gasteiger partial charge in [-0.1, -0.05) is 35.9 Å². The fourth-order valence-corrected chi connectivity index (χ4v) is 5.67. The molecular weight excluding hydrogens is 457 g/mol. The average Bonchev–Trinajstić information content (AvgIpc) is 3.04. The van der Waals surface area contributed by atoms with Crippen molar-refractivity contribution in [3.8, 4) is 0 Å². The summed E-state index contributed by atoms with van der Waals surface area (Å²) in [6.07, 6.45) is -4.92. The Balaban J connectivity index is 2.07. The Bertz CT molecular complexity index is 1270. The first-order valence-corrected chi connectivity index (χ1v) is 11.8. The molecular formula is C23H25F3N2O4S. The van der Waals surface area contributed by atoms with Crippen molar-refractivity contribution in [2.45, 2.75) is 51.4 Å². The summed E-state index contributed by atoms with van der Waals surface area (Å²) in [4.78, 5) is 12.2. The zero-order chi connectivity index (χ0) is 24.6. The molecule has 6 nitrogen and oxygen atoms in total. The fraction of sp³-hybridized carbons (Fsp3) is 0.348. The van der Waals surface area contributed by atoms with Crippen LogP contribution in [-0.2, 0) is 21.3 Å². The summed E-state index contributed by atoms with van der Waals surface area (Å²) in [7, 11) is -4.52. The molecule has 0 saturated carbocycles. The van der Waals surface area contributed by atoms with E-state index in [0.29, 0.717) is 22.0 Å². The van der Waals surface area contributed by atoms with Gasteiger partial charge in [0.2, 0.25) is 10.0 Å². The highest BCUT2D eigenvalue weighted by atomic mass is 32.2. The van der Waals surface area contributed by atoms with Crippen LogP contribution >= 0.6 is 0 Å². The number of rotatable bonds is 7. The van der Waals surface area contributed by atoms with Crippen molar-refractivity contribution in [1.82, 2.24) is 9.29 Å².